The number of methoxy groups -OCH3 is 2. The summed E-state index contributed by atoms with van der Waals surface area (Å²) in [6, 6.07) is 4.76. The molecule has 0 atom stereocenters. The van der Waals surface area contributed by atoms with Crippen LogP contribution in [0.1, 0.15) is 15.9 Å². The fourth-order valence-electron chi connectivity index (χ4n) is 2.00. The van der Waals surface area contributed by atoms with Gasteiger partial charge >= 0.3 is 0 Å². The number of carbonyl (C=O) groups excluding carboxylic acids is 1. The predicted octanol–water partition coefficient (Wildman–Crippen LogP) is 4.20. The smallest absolute Gasteiger partial charge is 0.257 e. The number of ether oxygens (including phenoxy) is 2. The lowest BCUT2D eigenvalue weighted by Gasteiger charge is -2.14. The van der Waals surface area contributed by atoms with Crippen molar-refractivity contribution in [1.29, 1.82) is 0 Å². The lowest BCUT2D eigenvalue weighted by molar-refractivity contribution is 0.102. The molecule has 0 bridgehead atoms. The molecule has 7 heteroatoms. The van der Waals surface area contributed by atoms with Gasteiger partial charge in [-0.3, -0.25) is 4.79 Å². The van der Waals surface area contributed by atoms with Crippen molar-refractivity contribution >= 4 is 23.2 Å². The molecule has 0 radical (unpaired) electrons. The van der Waals surface area contributed by atoms with Gasteiger partial charge in [-0.1, -0.05) is 11.6 Å². The molecule has 0 aliphatic rings. The Morgan fingerprint density at radius 2 is 1.61 bits per heavy atom. The number of benzene rings is 2. The second-order valence-electron chi connectivity index (χ2n) is 4.72. The maximum Gasteiger partial charge on any atom is 0.257 e. The summed E-state index contributed by atoms with van der Waals surface area (Å²) in [5, 5.41) is 2.41. The monoisotopic (exact) mass is 341 g/mol. The van der Waals surface area contributed by atoms with Crippen LogP contribution in [0.3, 0.4) is 0 Å². The summed E-state index contributed by atoms with van der Waals surface area (Å²) in [5.41, 5.74) is 0.975. The highest BCUT2D eigenvalue weighted by atomic mass is 35.5. The molecule has 23 heavy (non-hydrogen) atoms. The molecule has 2 rings (SSSR count). The van der Waals surface area contributed by atoms with Crippen molar-refractivity contribution in [1.82, 2.24) is 0 Å². The van der Waals surface area contributed by atoms with E-state index in [1.54, 1.807) is 19.1 Å². The Morgan fingerprint density at radius 1 is 1.04 bits per heavy atom. The van der Waals surface area contributed by atoms with Gasteiger partial charge in [0.05, 0.1) is 24.8 Å². The van der Waals surface area contributed by atoms with Crippen molar-refractivity contribution in [3.63, 3.8) is 0 Å². The van der Waals surface area contributed by atoms with Gasteiger partial charge in [-0.05, 0) is 30.7 Å². The minimum Gasteiger partial charge on any atom is -0.493 e. The van der Waals surface area contributed by atoms with Crippen LogP contribution in [0.2, 0.25) is 5.02 Å². The van der Waals surface area contributed by atoms with E-state index in [4.69, 9.17) is 21.1 Å². The maximum atomic E-state index is 13.3. The molecule has 0 aliphatic heterocycles. The van der Waals surface area contributed by atoms with E-state index in [-0.39, 0.29) is 10.6 Å². The number of carbonyl (C=O) groups is 1. The molecule has 122 valence electrons. The van der Waals surface area contributed by atoms with Crippen molar-refractivity contribution in [3.05, 3.63) is 52.0 Å². The highest BCUT2D eigenvalue weighted by molar-refractivity contribution is 6.34. The van der Waals surface area contributed by atoms with Gasteiger partial charge in [-0.2, -0.15) is 0 Å². The van der Waals surface area contributed by atoms with Gasteiger partial charge in [0.2, 0.25) is 0 Å². The normalized spacial score (nSPS) is 10.3. The molecule has 2 aromatic rings. The zero-order valence-electron chi connectivity index (χ0n) is 12.7. The summed E-state index contributed by atoms with van der Waals surface area (Å²) in [4.78, 5) is 12.2. The van der Waals surface area contributed by atoms with Crippen LogP contribution in [-0.4, -0.2) is 20.1 Å². The minimum absolute atomic E-state index is 0.167. The molecule has 0 unspecified atom stereocenters. The van der Waals surface area contributed by atoms with Gasteiger partial charge in [0, 0.05) is 11.8 Å². The van der Waals surface area contributed by atoms with Gasteiger partial charge < -0.3 is 14.8 Å². The van der Waals surface area contributed by atoms with E-state index < -0.39 is 17.5 Å². The fourth-order valence-corrected chi connectivity index (χ4v) is 2.24. The molecule has 4 nitrogen and oxygen atoms in total. The number of aryl methyl sites for hydroxylation is 1. The third-order valence-electron chi connectivity index (χ3n) is 3.23. The molecule has 1 amide bonds. The van der Waals surface area contributed by atoms with Crippen LogP contribution in [0.15, 0.2) is 24.3 Å². The van der Waals surface area contributed by atoms with Crippen molar-refractivity contribution in [2.75, 3.05) is 19.5 Å². The fraction of sp³-hybridized carbons (Fsp3) is 0.188. The molecule has 0 fully saturated rings. The number of hydrogen-bond donors (Lipinski definition) is 1. The Morgan fingerprint density at radius 3 is 2.22 bits per heavy atom. The lowest BCUT2D eigenvalue weighted by Crippen LogP contribution is -2.14. The summed E-state index contributed by atoms with van der Waals surface area (Å²) >= 11 is 5.80. The Hall–Kier alpha value is -2.34. The highest BCUT2D eigenvalue weighted by Crippen LogP contribution is 2.33. The van der Waals surface area contributed by atoms with Crippen LogP contribution < -0.4 is 14.8 Å². The quantitative estimate of drug-likeness (QED) is 0.848. The standard InChI is InChI=1S/C16H14ClF2NO3/c1-8-4-14(22-2)15(23-3)7-13(8)20-16(21)9-5-11(18)12(19)6-10(9)17/h4-7H,1-3H3,(H,20,21). The molecule has 0 spiro atoms. The lowest BCUT2D eigenvalue weighted by atomic mass is 10.1. The number of nitrogens with one attached hydrogen (secondary N) is 1. The SMILES string of the molecule is COc1cc(C)c(NC(=O)c2cc(F)c(F)cc2Cl)cc1OC. The van der Waals surface area contributed by atoms with Crippen molar-refractivity contribution in [3.8, 4) is 11.5 Å². The summed E-state index contributed by atoms with van der Waals surface area (Å²) in [6.07, 6.45) is 0. The number of hydrogen-bond acceptors (Lipinski definition) is 3. The van der Waals surface area contributed by atoms with E-state index in [2.05, 4.69) is 5.32 Å². The molecule has 0 heterocycles. The third-order valence-corrected chi connectivity index (χ3v) is 3.55. The van der Waals surface area contributed by atoms with Crippen molar-refractivity contribution < 1.29 is 23.0 Å². The predicted molar refractivity (Wildman–Crippen MR) is 83.6 cm³/mol. The molecule has 0 aliphatic carbocycles. The van der Waals surface area contributed by atoms with Gasteiger partial charge in [-0.25, -0.2) is 8.78 Å². The third kappa shape index (κ3) is 3.53. The zero-order valence-corrected chi connectivity index (χ0v) is 13.4. The number of anilines is 1. The van der Waals surface area contributed by atoms with E-state index in [9.17, 15) is 13.6 Å². The summed E-state index contributed by atoms with van der Waals surface area (Å²) in [7, 11) is 2.96. The second-order valence-corrected chi connectivity index (χ2v) is 5.13. The molecule has 1 N–H and O–H groups in total. The van der Waals surface area contributed by atoms with Crippen LogP contribution >= 0.6 is 11.6 Å². The van der Waals surface area contributed by atoms with Crippen molar-refractivity contribution in [2.24, 2.45) is 0 Å². The summed E-state index contributed by atoms with van der Waals surface area (Å²) in [6.45, 7) is 1.75. The van der Waals surface area contributed by atoms with Gasteiger partial charge in [0.15, 0.2) is 23.1 Å². The van der Waals surface area contributed by atoms with E-state index in [0.29, 0.717) is 22.7 Å². The number of rotatable bonds is 4. The Kier molecular flexibility index (Phi) is 5.05. The van der Waals surface area contributed by atoms with Crippen LogP contribution in [0.5, 0.6) is 11.5 Å². The topological polar surface area (TPSA) is 47.6 Å². The average Bonchev–Trinajstić information content (AvgIpc) is 2.52. The average molecular weight is 342 g/mol. The Labute approximate surface area is 137 Å². The van der Waals surface area contributed by atoms with E-state index in [0.717, 1.165) is 12.1 Å². The van der Waals surface area contributed by atoms with Crippen molar-refractivity contribution in [2.45, 2.75) is 6.92 Å². The first kappa shape index (κ1) is 17.0. The Bertz CT molecular complexity index is 765. The molecule has 0 saturated heterocycles. The number of halogens is 3. The molecule has 2 aromatic carbocycles. The first-order chi connectivity index (χ1) is 10.9. The van der Waals surface area contributed by atoms with Crippen LogP contribution in [0.25, 0.3) is 0 Å². The van der Waals surface area contributed by atoms with Crippen LogP contribution in [0.4, 0.5) is 14.5 Å². The van der Waals surface area contributed by atoms with Gasteiger partial charge in [0.1, 0.15) is 0 Å². The first-order valence-corrected chi connectivity index (χ1v) is 6.93. The van der Waals surface area contributed by atoms with Gasteiger partial charge in [-0.15, -0.1) is 0 Å². The second kappa shape index (κ2) is 6.83. The Balaban J connectivity index is 2.36. The molecular weight excluding hydrogens is 328 g/mol. The molecule has 0 aromatic heterocycles. The maximum absolute atomic E-state index is 13.3. The minimum atomic E-state index is -1.15. The first-order valence-electron chi connectivity index (χ1n) is 6.56. The molecular formula is C16H14ClF2NO3. The van der Waals surface area contributed by atoms with Crippen LogP contribution in [-0.2, 0) is 0 Å². The van der Waals surface area contributed by atoms with E-state index in [1.807, 2.05) is 0 Å². The summed E-state index contributed by atoms with van der Waals surface area (Å²) < 4.78 is 36.7. The van der Waals surface area contributed by atoms with E-state index >= 15 is 0 Å². The molecule has 0 saturated carbocycles. The van der Waals surface area contributed by atoms with Crippen LogP contribution in [0, 0.1) is 18.6 Å². The van der Waals surface area contributed by atoms with E-state index in [1.165, 1.54) is 14.2 Å². The zero-order chi connectivity index (χ0) is 17.1. The van der Waals surface area contributed by atoms with Gasteiger partial charge in [0.25, 0.3) is 5.91 Å². The number of amides is 1. The summed E-state index contributed by atoms with van der Waals surface area (Å²) in [5.74, 6) is -2.00. The largest absolute Gasteiger partial charge is 0.493 e. The highest BCUT2D eigenvalue weighted by Gasteiger charge is 2.17.